The molecule has 0 radical (unpaired) electrons. The van der Waals surface area contributed by atoms with Crippen LogP contribution < -0.4 is 0 Å². The van der Waals surface area contributed by atoms with Crippen LogP contribution in [0.5, 0.6) is 0 Å². The van der Waals surface area contributed by atoms with Gasteiger partial charge in [0.2, 0.25) is 0 Å². The van der Waals surface area contributed by atoms with Crippen molar-refractivity contribution in [3.63, 3.8) is 0 Å². The van der Waals surface area contributed by atoms with Crippen molar-refractivity contribution in [1.29, 1.82) is 0 Å². The SMILES string of the molecule is O=C(c1cc(-n2cccn2)ccc1Cl)N1CCCC(C2(O)CC2)C1. The minimum atomic E-state index is -0.542. The summed E-state index contributed by atoms with van der Waals surface area (Å²) < 4.78 is 1.71. The number of amides is 1. The first-order chi connectivity index (χ1) is 11.6. The number of carbonyl (C=O) groups excluding carboxylic acids is 1. The lowest BCUT2D eigenvalue weighted by Crippen LogP contribution is -2.44. The molecule has 2 fully saturated rings. The van der Waals surface area contributed by atoms with Crippen molar-refractivity contribution in [3.05, 3.63) is 47.2 Å². The van der Waals surface area contributed by atoms with Gasteiger partial charge in [0.1, 0.15) is 0 Å². The minimum absolute atomic E-state index is 0.0667. The third-order valence-electron chi connectivity index (χ3n) is 5.18. The third-order valence-corrected chi connectivity index (χ3v) is 5.51. The number of likely N-dealkylation sites (tertiary alicyclic amines) is 1. The van der Waals surface area contributed by atoms with E-state index in [1.165, 1.54) is 0 Å². The van der Waals surface area contributed by atoms with Gasteiger partial charge in [0.05, 0.1) is 21.9 Å². The van der Waals surface area contributed by atoms with Gasteiger partial charge in [0.15, 0.2) is 0 Å². The van der Waals surface area contributed by atoms with Crippen LogP contribution in [0, 0.1) is 5.92 Å². The Morgan fingerprint density at radius 3 is 2.92 bits per heavy atom. The molecule has 6 heteroatoms. The average Bonchev–Trinajstić information content (AvgIpc) is 3.12. The molecule has 126 valence electrons. The van der Waals surface area contributed by atoms with E-state index >= 15 is 0 Å². The van der Waals surface area contributed by atoms with Crippen LogP contribution in [-0.2, 0) is 0 Å². The number of piperidine rings is 1. The van der Waals surface area contributed by atoms with Gasteiger partial charge in [-0.05, 0) is 49.9 Å². The van der Waals surface area contributed by atoms with E-state index in [1.54, 1.807) is 23.0 Å². The van der Waals surface area contributed by atoms with Gasteiger partial charge >= 0.3 is 0 Å². The number of nitrogens with zero attached hydrogens (tertiary/aromatic N) is 3. The summed E-state index contributed by atoms with van der Waals surface area (Å²) in [6.45, 7) is 1.32. The number of benzene rings is 1. The van der Waals surface area contributed by atoms with Crippen molar-refractivity contribution in [1.82, 2.24) is 14.7 Å². The van der Waals surface area contributed by atoms with Gasteiger partial charge in [-0.3, -0.25) is 4.79 Å². The lowest BCUT2D eigenvalue weighted by Gasteiger charge is -2.35. The van der Waals surface area contributed by atoms with Gasteiger partial charge in [-0.25, -0.2) is 4.68 Å². The van der Waals surface area contributed by atoms with Crippen molar-refractivity contribution in [2.75, 3.05) is 13.1 Å². The topological polar surface area (TPSA) is 58.4 Å². The van der Waals surface area contributed by atoms with Crippen molar-refractivity contribution in [2.24, 2.45) is 5.92 Å². The van der Waals surface area contributed by atoms with E-state index in [9.17, 15) is 9.90 Å². The van der Waals surface area contributed by atoms with Gasteiger partial charge in [0.25, 0.3) is 5.91 Å². The summed E-state index contributed by atoms with van der Waals surface area (Å²) in [4.78, 5) is 14.8. The fraction of sp³-hybridized carbons (Fsp3) is 0.444. The summed E-state index contributed by atoms with van der Waals surface area (Å²) in [7, 11) is 0. The van der Waals surface area contributed by atoms with Crippen LogP contribution in [0.2, 0.25) is 5.02 Å². The van der Waals surface area contributed by atoms with Gasteiger partial charge in [0, 0.05) is 31.4 Å². The summed E-state index contributed by atoms with van der Waals surface area (Å²) in [5.74, 6) is 0.117. The molecule has 1 unspecified atom stereocenters. The highest BCUT2D eigenvalue weighted by Gasteiger charge is 2.49. The molecule has 4 rings (SSSR count). The maximum absolute atomic E-state index is 13.0. The van der Waals surface area contributed by atoms with Gasteiger partial charge in [-0.1, -0.05) is 11.6 Å². The number of rotatable bonds is 3. The minimum Gasteiger partial charge on any atom is -0.390 e. The summed E-state index contributed by atoms with van der Waals surface area (Å²) in [6, 6.07) is 7.20. The van der Waals surface area contributed by atoms with Crippen LogP contribution in [0.1, 0.15) is 36.0 Å². The molecule has 1 amide bonds. The van der Waals surface area contributed by atoms with E-state index in [-0.39, 0.29) is 11.8 Å². The van der Waals surface area contributed by atoms with E-state index in [4.69, 9.17) is 11.6 Å². The van der Waals surface area contributed by atoms with Gasteiger partial charge in [-0.2, -0.15) is 5.10 Å². The lowest BCUT2D eigenvalue weighted by molar-refractivity contribution is 0.0282. The van der Waals surface area contributed by atoms with Crippen LogP contribution in [0.15, 0.2) is 36.7 Å². The van der Waals surface area contributed by atoms with Crippen LogP contribution >= 0.6 is 11.6 Å². The van der Waals surface area contributed by atoms with Crippen LogP contribution in [0.25, 0.3) is 5.69 Å². The Kier molecular flexibility index (Phi) is 3.85. The summed E-state index contributed by atoms with van der Waals surface area (Å²) in [5, 5.41) is 15.0. The average molecular weight is 346 g/mol. The largest absolute Gasteiger partial charge is 0.390 e. The van der Waals surface area contributed by atoms with Gasteiger partial charge < -0.3 is 10.0 Å². The summed E-state index contributed by atoms with van der Waals surface area (Å²) in [6.07, 6.45) is 7.15. The standard InChI is InChI=1S/C18H20ClN3O2/c19-16-5-4-14(22-10-2-8-20-22)11-15(16)17(23)21-9-1-3-13(12-21)18(24)6-7-18/h2,4-5,8,10-11,13,24H,1,3,6-7,9,12H2. The van der Waals surface area contributed by atoms with E-state index in [2.05, 4.69) is 5.10 Å². The second-order valence-electron chi connectivity index (χ2n) is 6.81. The maximum atomic E-state index is 13.0. The normalized spacial score (nSPS) is 22.4. The molecule has 0 spiro atoms. The number of aromatic nitrogens is 2. The molecule has 24 heavy (non-hydrogen) atoms. The molecular weight excluding hydrogens is 326 g/mol. The molecule has 1 aliphatic carbocycles. The molecular formula is C18H20ClN3O2. The summed E-state index contributed by atoms with van der Waals surface area (Å²) >= 11 is 6.28. The zero-order chi connectivity index (χ0) is 16.7. The number of aliphatic hydroxyl groups is 1. The smallest absolute Gasteiger partial charge is 0.255 e. The molecule has 2 aromatic rings. The van der Waals surface area contributed by atoms with E-state index in [1.807, 2.05) is 23.2 Å². The molecule has 1 aromatic carbocycles. The van der Waals surface area contributed by atoms with Gasteiger partial charge in [-0.15, -0.1) is 0 Å². The van der Waals surface area contributed by atoms with Crippen molar-refractivity contribution < 1.29 is 9.90 Å². The maximum Gasteiger partial charge on any atom is 0.255 e. The van der Waals surface area contributed by atoms with Crippen molar-refractivity contribution in [3.8, 4) is 5.69 Å². The summed E-state index contributed by atoms with van der Waals surface area (Å²) in [5.41, 5.74) is 0.759. The Morgan fingerprint density at radius 1 is 1.38 bits per heavy atom. The predicted octanol–water partition coefficient (Wildman–Crippen LogP) is 2.90. The van der Waals surface area contributed by atoms with E-state index in [0.29, 0.717) is 23.7 Å². The second-order valence-corrected chi connectivity index (χ2v) is 7.22. The Balaban J connectivity index is 1.58. The molecule has 5 nitrogen and oxygen atoms in total. The highest BCUT2D eigenvalue weighted by atomic mass is 35.5. The first kappa shape index (κ1) is 15.7. The quantitative estimate of drug-likeness (QED) is 0.930. The third kappa shape index (κ3) is 2.82. The van der Waals surface area contributed by atoms with Crippen LogP contribution in [0.4, 0.5) is 0 Å². The Labute approximate surface area is 145 Å². The molecule has 1 aliphatic heterocycles. The number of hydrogen-bond acceptors (Lipinski definition) is 3. The number of carbonyl (C=O) groups is 1. The second kappa shape index (κ2) is 5.90. The van der Waals surface area contributed by atoms with Crippen LogP contribution in [-0.4, -0.2) is 44.4 Å². The predicted molar refractivity (Wildman–Crippen MR) is 91.4 cm³/mol. The number of hydrogen-bond donors (Lipinski definition) is 1. The molecule has 1 atom stereocenters. The molecule has 0 bridgehead atoms. The van der Waals surface area contributed by atoms with Crippen molar-refractivity contribution in [2.45, 2.75) is 31.3 Å². The monoisotopic (exact) mass is 345 g/mol. The Morgan fingerprint density at radius 2 is 2.21 bits per heavy atom. The highest BCUT2D eigenvalue weighted by Crippen LogP contribution is 2.45. The zero-order valence-electron chi connectivity index (χ0n) is 13.4. The fourth-order valence-corrected chi connectivity index (χ4v) is 3.75. The molecule has 1 saturated heterocycles. The fourth-order valence-electron chi connectivity index (χ4n) is 3.55. The van der Waals surface area contributed by atoms with Crippen molar-refractivity contribution >= 4 is 17.5 Å². The first-order valence-electron chi connectivity index (χ1n) is 8.38. The van der Waals surface area contributed by atoms with Crippen LogP contribution in [0.3, 0.4) is 0 Å². The first-order valence-corrected chi connectivity index (χ1v) is 8.76. The Hall–Kier alpha value is -1.85. The zero-order valence-corrected chi connectivity index (χ0v) is 14.1. The molecule has 2 heterocycles. The highest BCUT2D eigenvalue weighted by molar-refractivity contribution is 6.33. The molecule has 1 N–H and O–H groups in total. The molecule has 1 saturated carbocycles. The van der Waals surface area contributed by atoms with E-state index < -0.39 is 5.60 Å². The molecule has 2 aliphatic rings. The molecule has 1 aromatic heterocycles. The lowest BCUT2D eigenvalue weighted by atomic mass is 9.90. The number of halogens is 1. The van der Waals surface area contributed by atoms with E-state index in [0.717, 1.165) is 31.4 Å². The Bertz CT molecular complexity index is 756.